The smallest absolute Gasteiger partial charge is 0.255 e. The molecule has 1 N–H and O–H groups in total. The van der Waals surface area contributed by atoms with E-state index in [0.717, 1.165) is 0 Å². The number of nitrogens with one attached hydrogen (secondary N) is 1. The summed E-state index contributed by atoms with van der Waals surface area (Å²) in [6.07, 6.45) is 3.07. The first kappa shape index (κ1) is 11.7. The van der Waals surface area contributed by atoms with E-state index in [4.69, 9.17) is 0 Å². The molecule has 0 aliphatic rings. The second-order valence-corrected chi connectivity index (χ2v) is 4.17. The minimum atomic E-state index is -0.362. The molecule has 0 radical (unpaired) electrons. The van der Waals surface area contributed by atoms with Gasteiger partial charge in [0.2, 0.25) is 0 Å². The molecule has 0 unspecified atom stereocenters. The van der Waals surface area contributed by atoms with E-state index in [1.807, 2.05) is 0 Å². The van der Waals surface area contributed by atoms with Gasteiger partial charge in [0, 0.05) is 22.4 Å². The van der Waals surface area contributed by atoms with Crippen molar-refractivity contribution in [2.24, 2.45) is 0 Å². The number of benzene rings is 1. The third-order valence-corrected chi connectivity index (χ3v) is 2.78. The lowest BCUT2D eigenvalue weighted by atomic mass is 10.2. The Balaban J connectivity index is 2.19. The summed E-state index contributed by atoms with van der Waals surface area (Å²) in [5, 5.41) is 2.67. The van der Waals surface area contributed by atoms with Crippen LogP contribution in [0.2, 0.25) is 0 Å². The minimum absolute atomic E-state index is 0.264. The van der Waals surface area contributed by atoms with Crippen LogP contribution < -0.4 is 5.32 Å². The van der Waals surface area contributed by atoms with Crippen molar-refractivity contribution >= 4 is 27.5 Å². The Morgan fingerprint density at radius 2 is 1.94 bits per heavy atom. The zero-order valence-corrected chi connectivity index (χ0v) is 10.2. The monoisotopic (exact) mass is 294 g/mol. The summed E-state index contributed by atoms with van der Waals surface area (Å²) in [6.45, 7) is 0. The van der Waals surface area contributed by atoms with Gasteiger partial charge < -0.3 is 5.32 Å². The van der Waals surface area contributed by atoms with Crippen LogP contribution >= 0.6 is 15.9 Å². The van der Waals surface area contributed by atoms with Gasteiger partial charge in [-0.3, -0.25) is 9.78 Å². The number of carbonyl (C=O) groups excluding carboxylic acids is 1. The van der Waals surface area contributed by atoms with Gasteiger partial charge in [-0.25, -0.2) is 4.39 Å². The van der Waals surface area contributed by atoms with E-state index in [9.17, 15) is 9.18 Å². The van der Waals surface area contributed by atoms with E-state index >= 15 is 0 Å². The molecule has 1 amide bonds. The molecule has 0 spiro atoms. The highest BCUT2D eigenvalue weighted by atomic mass is 79.9. The van der Waals surface area contributed by atoms with Crippen LogP contribution in [-0.2, 0) is 0 Å². The lowest BCUT2D eigenvalue weighted by Gasteiger charge is -2.07. The van der Waals surface area contributed by atoms with Gasteiger partial charge in [0.05, 0.1) is 5.69 Å². The van der Waals surface area contributed by atoms with Crippen molar-refractivity contribution in [2.75, 3.05) is 5.32 Å². The molecule has 0 saturated heterocycles. The van der Waals surface area contributed by atoms with E-state index < -0.39 is 0 Å². The third-order valence-electron chi connectivity index (χ3n) is 2.12. The van der Waals surface area contributed by atoms with Crippen LogP contribution in [0.4, 0.5) is 10.1 Å². The van der Waals surface area contributed by atoms with Gasteiger partial charge in [-0.15, -0.1) is 0 Å². The predicted molar refractivity (Wildman–Crippen MR) is 66.3 cm³/mol. The number of pyridine rings is 1. The topological polar surface area (TPSA) is 42.0 Å². The van der Waals surface area contributed by atoms with E-state index in [1.54, 1.807) is 12.1 Å². The molecule has 0 aliphatic heterocycles. The Kier molecular flexibility index (Phi) is 3.49. The second-order valence-electron chi connectivity index (χ2n) is 3.31. The highest BCUT2D eigenvalue weighted by molar-refractivity contribution is 9.10. The Morgan fingerprint density at radius 3 is 2.59 bits per heavy atom. The number of hydrogen-bond donors (Lipinski definition) is 1. The van der Waals surface area contributed by atoms with E-state index in [-0.39, 0.29) is 11.7 Å². The summed E-state index contributed by atoms with van der Waals surface area (Å²) in [5.74, 6) is -0.626. The lowest BCUT2D eigenvalue weighted by Crippen LogP contribution is -2.12. The standard InChI is InChI=1S/C12H8BrFN2O/c13-10-7-9(14)1-2-11(10)16-12(17)8-3-5-15-6-4-8/h1-7H,(H,16,17). The zero-order chi connectivity index (χ0) is 12.3. The average Bonchev–Trinajstić information content (AvgIpc) is 2.34. The van der Waals surface area contributed by atoms with E-state index in [2.05, 4.69) is 26.2 Å². The molecule has 1 heterocycles. The maximum Gasteiger partial charge on any atom is 0.255 e. The number of aromatic nitrogens is 1. The van der Waals surface area contributed by atoms with Crippen LogP contribution in [0.1, 0.15) is 10.4 Å². The van der Waals surface area contributed by atoms with Crippen molar-refractivity contribution in [3.8, 4) is 0 Å². The van der Waals surface area contributed by atoms with Gasteiger partial charge in [0.25, 0.3) is 5.91 Å². The van der Waals surface area contributed by atoms with Crippen molar-refractivity contribution in [3.63, 3.8) is 0 Å². The molecule has 0 saturated carbocycles. The molecule has 5 heteroatoms. The molecular weight excluding hydrogens is 287 g/mol. The van der Waals surface area contributed by atoms with Crippen LogP contribution in [-0.4, -0.2) is 10.9 Å². The molecule has 2 aromatic rings. The number of amides is 1. The molecule has 0 atom stereocenters. The highest BCUT2D eigenvalue weighted by Gasteiger charge is 2.08. The molecule has 0 bridgehead atoms. The Morgan fingerprint density at radius 1 is 1.24 bits per heavy atom. The first-order valence-corrected chi connectivity index (χ1v) is 5.62. The molecule has 0 fully saturated rings. The largest absolute Gasteiger partial charge is 0.321 e. The molecule has 1 aromatic heterocycles. The van der Waals surface area contributed by atoms with Gasteiger partial charge in [0.1, 0.15) is 5.82 Å². The number of halogens is 2. The molecule has 17 heavy (non-hydrogen) atoms. The molecule has 2 rings (SSSR count). The van der Waals surface area contributed by atoms with Crippen LogP contribution in [0, 0.1) is 5.82 Å². The number of nitrogens with zero attached hydrogens (tertiary/aromatic N) is 1. The van der Waals surface area contributed by atoms with Crippen LogP contribution in [0.25, 0.3) is 0 Å². The maximum atomic E-state index is 12.9. The predicted octanol–water partition coefficient (Wildman–Crippen LogP) is 3.24. The lowest BCUT2D eigenvalue weighted by molar-refractivity contribution is 0.102. The number of carbonyl (C=O) groups is 1. The third kappa shape index (κ3) is 2.88. The summed E-state index contributed by atoms with van der Waals surface area (Å²) in [6, 6.07) is 7.28. The number of hydrogen-bond acceptors (Lipinski definition) is 2. The SMILES string of the molecule is O=C(Nc1ccc(F)cc1Br)c1ccncc1. The Hall–Kier alpha value is -1.75. The van der Waals surface area contributed by atoms with Crippen molar-refractivity contribution in [2.45, 2.75) is 0 Å². The first-order chi connectivity index (χ1) is 8.16. The fraction of sp³-hybridized carbons (Fsp3) is 0. The Bertz CT molecular complexity index is 545. The summed E-state index contributed by atoms with van der Waals surface area (Å²) in [7, 11) is 0. The summed E-state index contributed by atoms with van der Waals surface area (Å²) in [5.41, 5.74) is 1.02. The van der Waals surface area contributed by atoms with Crippen molar-refractivity contribution in [1.82, 2.24) is 4.98 Å². The zero-order valence-electron chi connectivity index (χ0n) is 8.65. The minimum Gasteiger partial charge on any atom is -0.321 e. The highest BCUT2D eigenvalue weighted by Crippen LogP contribution is 2.23. The van der Waals surface area contributed by atoms with Gasteiger partial charge in [0.15, 0.2) is 0 Å². The Labute approximate surface area is 106 Å². The summed E-state index contributed by atoms with van der Waals surface area (Å²) in [4.78, 5) is 15.6. The van der Waals surface area contributed by atoms with Crippen LogP contribution in [0.15, 0.2) is 47.2 Å². The quantitative estimate of drug-likeness (QED) is 0.924. The molecule has 86 valence electrons. The van der Waals surface area contributed by atoms with Gasteiger partial charge >= 0.3 is 0 Å². The fourth-order valence-electron chi connectivity index (χ4n) is 1.29. The molecule has 0 aliphatic carbocycles. The van der Waals surface area contributed by atoms with Crippen molar-refractivity contribution in [1.29, 1.82) is 0 Å². The van der Waals surface area contributed by atoms with Gasteiger partial charge in [-0.1, -0.05) is 0 Å². The van der Waals surface area contributed by atoms with Gasteiger partial charge in [-0.05, 0) is 46.3 Å². The fourth-order valence-corrected chi connectivity index (χ4v) is 1.74. The second kappa shape index (κ2) is 5.05. The van der Waals surface area contributed by atoms with Crippen molar-refractivity contribution < 1.29 is 9.18 Å². The van der Waals surface area contributed by atoms with E-state index in [1.165, 1.54) is 30.6 Å². The summed E-state index contributed by atoms with van der Waals surface area (Å²) >= 11 is 3.18. The number of rotatable bonds is 2. The summed E-state index contributed by atoms with van der Waals surface area (Å²) < 4.78 is 13.4. The van der Waals surface area contributed by atoms with E-state index in [0.29, 0.717) is 15.7 Å². The maximum absolute atomic E-state index is 12.9. The van der Waals surface area contributed by atoms with Crippen LogP contribution in [0.5, 0.6) is 0 Å². The van der Waals surface area contributed by atoms with Crippen molar-refractivity contribution in [3.05, 3.63) is 58.6 Å². The average molecular weight is 295 g/mol. The normalized spacial score (nSPS) is 10.0. The van der Waals surface area contributed by atoms with Gasteiger partial charge in [-0.2, -0.15) is 0 Å². The molecule has 3 nitrogen and oxygen atoms in total. The van der Waals surface area contributed by atoms with Crippen LogP contribution in [0.3, 0.4) is 0 Å². The first-order valence-electron chi connectivity index (χ1n) is 4.83. The number of anilines is 1. The molecular formula is C12H8BrFN2O. The molecule has 1 aromatic carbocycles.